The maximum atomic E-state index is 12.5. The number of benzene rings is 2. The van der Waals surface area contributed by atoms with E-state index in [0.29, 0.717) is 5.56 Å². The van der Waals surface area contributed by atoms with Crippen molar-refractivity contribution in [1.82, 2.24) is 10.4 Å². The Morgan fingerprint density at radius 2 is 2.07 bits per heavy atom. The van der Waals surface area contributed by atoms with Gasteiger partial charge in [0, 0.05) is 39.5 Å². The maximum Gasteiger partial charge on any atom is 0.271 e. The van der Waals surface area contributed by atoms with Gasteiger partial charge in [-0.3, -0.25) is 14.9 Å². The van der Waals surface area contributed by atoms with Crippen molar-refractivity contribution in [1.29, 1.82) is 0 Å². The van der Waals surface area contributed by atoms with Gasteiger partial charge in [0.05, 0.1) is 18.2 Å². The van der Waals surface area contributed by atoms with Crippen molar-refractivity contribution in [3.05, 3.63) is 62.8 Å². The van der Waals surface area contributed by atoms with Gasteiger partial charge in [0.1, 0.15) is 5.75 Å². The highest BCUT2D eigenvalue weighted by molar-refractivity contribution is 5.99. The molecule has 1 aromatic heterocycles. The highest BCUT2D eigenvalue weighted by Gasteiger charge is 2.17. The van der Waals surface area contributed by atoms with Gasteiger partial charge in [0.25, 0.3) is 11.6 Å². The van der Waals surface area contributed by atoms with Crippen molar-refractivity contribution in [3.8, 4) is 11.5 Å². The summed E-state index contributed by atoms with van der Waals surface area (Å²) in [6.07, 6.45) is 5.54. The second-order valence-electron chi connectivity index (χ2n) is 7.08. The normalized spacial score (nSPS) is 13.4. The molecular formula is C21H19N4O5-. The van der Waals surface area contributed by atoms with Gasteiger partial charge in [0.2, 0.25) is 0 Å². The molecule has 0 atom stereocenters. The number of amides is 1. The molecule has 4 rings (SSSR count). The molecule has 0 aliphatic heterocycles. The number of nitro benzene ring substituents is 1. The molecule has 1 aliphatic carbocycles. The van der Waals surface area contributed by atoms with Crippen molar-refractivity contribution < 1.29 is 19.6 Å². The largest absolute Gasteiger partial charge is 0.865 e. The van der Waals surface area contributed by atoms with E-state index in [1.807, 2.05) is 12.1 Å². The second kappa shape index (κ2) is 7.86. The number of nitrogens with zero attached hydrogens (tertiary/aromatic N) is 2. The molecule has 30 heavy (non-hydrogen) atoms. The molecule has 0 bridgehead atoms. The van der Waals surface area contributed by atoms with Crippen molar-refractivity contribution in [3.63, 3.8) is 0 Å². The predicted octanol–water partition coefficient (Wildman–Crippen LogP) is 2.80. The van der Waals surface area contributed by atoms with Crippen molar-refractivity contribution in [2.75, 3.05) is 7.11 Å². The van der Waals surface area contributed by atoms with E-state index in [-0.39, 0.29) is 11.3 Å². The number of carbonyl (C=O) groups excluding carboxylic acids is 1. The molecule has 3 aromatic rings. The second-order valence-corrected chi connectivity index (χ2v) is 7.08. The molecule has 1 aliphatic rings. The van der Waals surface area contributed by atoms with Gasteiger partial charge >= 0.3 is 0 Å². The standard InChI is InChI=1S/C21H20N4O5/c1-30-19-9-12(8-18(20(19)26)25(28)29)11-22-24-21(27)13-6-7-17-15(10-13)14-4-2-3-5-16(14)23-17/h6-11,23,26H,2-5H2,1H3,(H,24,27)/p-1. The molecule has 9 heteroatoms. The Morgan fingerprint density at radius 1 is 1.27 bits per heavy atom. The lowest BCUT2D eigenvalue weighted by molar-refractivity contribution is -0.398. The molecule has 2 N–H and O–H groups in total. The van der Waals surface area contributed by atoms with Crippen LogP contribution < -0.4 is 15.3 Å². The molecule has 154 valence electrons. The number of aromatic nitrogens is 1. The molecule has 0 spiro atoms. The Labute approximate surface area is 171 Å². The minimum Gasteiger partial charge on any atom is -0.865 e. The highest BCUT2D eigenvalue weighted by Crippen LogP contribution is 2.34. The molecule has 2 aromatic carbocycles. The average Bonchev–Trinajstić information content (AvgIpc) is 3.12. The summed E-state index contributed by atoms with van der Waals surface area (Å²) >= 11 is 0. The zero-order valence-electron chi connectivity index (χ0n) is 16.2. The monoisotopic (exact) mass is 407 g/mol. The van der Waals surface area contributed by atoms with Crippen LogP contribution in [0.4, 0.5) is 5.69 Å². The molecule has 9 nitrogen and oxygen atoms in total. The van der Waals surface area contributed by atoms with Crippen LogP contribution in [0, 0.1) is 10.1 Å². The summed E-state index contributed by atoms with van der Waals surface area (Å²) in [4.78, 5) is 26.2. The quantitative estimate of drug-likeness (QED) is 0.381. The zero-order valence-corrected chi connectivity index (χ0v) is 16.2. The SMILES string of the molecule is COc1cc(C=NNC(=O)c2ccc3[nH]c4c(c3c2)CCCC4)cc([N+](=O)[O-])c1[O-]. The Bertz CT molecular complexity index is 1180. The number of aryl methyl sites for hydroxylation is 2. The van der Waals surface area contributed by atoms with Crippen LogP contribution in [0.15, 0.2) is 35.4 Å². The first-order valence-electron chi connectivity index (χ1n) is 9.48. The van der Waals surface area contributed by atoms with Gasteiger partial charge in [-0.1, -0.05) is 0 Å². The van der Waals surface area contributed by atoms with Gasteiger partial charge in [-0.2, -0.15) is 5.10 Å². The topological polar surface area (TPSA) is 133 Å². The summed E-state index contributed by atoms with van der Waals surface area (Å²) in [6, 6.07) is 7.85. The molecule has 0 unspecified atom stereocenters. The molecule has 1 amide bonds. The Balaban J connectivity index is 1.54. The number of nitrogens with one attached hydrogen (secondary N) is 2. The van der Waals surface area contributed by atoms with E-state index in [4.69, 9.17) is 4.74 Å². The maximum absolute atomic E-state index is 12.5. The van der Waals surface area contributed by atoms with Gasteiger partial charge in [-0.25, -0.2) is 5.43 Å². The van der Waals surface area contributed by atoms with Gasteiger partial charge < -0.3 is 14.8 Å². The number of fused-ring (bicyclic) bond motifs is 3. The van der Waals surface area contributed by atoms with Gasteiger partial charge in [0.15, 0.2) is 0 Å². The molecule has 1 heterocycles. The average molecular weight is 407 g/mol. The smallest absolute Gasteiger partial charge is 0.271 e. The molecule has 0 fully saturated rings. The summed E-state index contributed by atoms with van der Waals surface area (Å²) in [5, 5.41) is 27.8. The van der Waals surface area contributed by atoms with Crippen LogP contribution in [0.3, 0.4) is 0 Å². The fourth-order valence-electron chi connectivity index (χ4n) is 3.75. The van der Waals surface area contributed by atoms with E-state index in [1.165, 1.54) is 30.6 Å². The summed E-state index contributed by atoms with van der Waals surface area (Å²) in [6.45, 7) is 0. The number of methoxy groups -OCH3 is 1. The van der Waals surface area contributed by atoms with E-state index in [9.17, 15) is 20.0 Å². The summed E-state index contributed by atoms with van der Waals surface area (Å²) in [5.74, 6) is -1.38. The lowest BCUT2D eigenvalue weighted by Crippen LogP contribution is -2.17. The van der Waals surface area contributed by atoms with Crippen LogP contribution >= 0.6 is 0 Å². The van der Waals surface area contributed by atoms with E-state index in [1.54, 1.807) is 6.07 Å². The fourth-order valence-corrected chi connectivity index (χ4v) is 3.75. The Kier molecular flexibility index (Phi) is 5.09. The number of aromatic amines is 1. The van der Waals surface area contributed by atoms with Crippen LogP contribution in [-0.2, 0) is 12.8 Å². The number of hydrazone groups is 1. The van der Waals surface area contributed by atoms with E-state index in [2.05, 4.69) is 15.5 Å². The van der Waals surface area contributed by atoms with Gasteiger partial charge in [-0.15, -0.1) is 0 Å². The number of ether oxygens (including phenoxy) is 1. The lowest BCUT2D eigenvalue weighted by atomic mass is 9.95. The Hall–Kier alpha value is -3.88. The van der Waals surface area contributed by atoms with Crippen molar-refractivity contribution in [2.45, 2.75) is 25.7 Å². The number of carbonyl (C=O) groups is 1. The van der Waals surface area contributed by atoms with Crippen LogP contribution in [-0.4, -0.2) is 29.1 Å². The Morgan fingerprint density at radius 3 is 2.83 bits per heavy atom. The minimum absolute atomic E-state index is 0.167. The predicted molar refractivity (Wildman–Crippen MR) is 109 cm³/mol. The number of nitro groups is 1. The van der Waals surface area contributed by atoms with Crippen LogP contribution in [0.25, 0.3) is 10.9 Å². The number of hydrogen-bond acceptors (Lipinski definition) is 6. The third-order valence-electron chi connectivity index (χ3n) is 5.21. The number of rotatable bonds is 5. The van der Waals surface area contributed by atoms with E-state index < -0.39 is 22.3 Å². The first-order chi connectivity index (χ1) is 14.5. The van der Waals surface area contributed by atoms with Crippen LogP contribution in [0.1, 0.15) is 40.0 Å². The minimum atomic E-state index is -0.813. The van der Waals surface area contributed by atoms with E-state index in [0.717, 1.165) is 42.7 Å². The van der Waals surface area contributed by atoms with Crippen LogP contribution in [0.5, 0.6) is 11.5 Å². The molecule has 0 saturated carbocycles. The number of hydrogen-bond donors (Lipinski definition) is 2. The third-order valence-corrected chi connectivity index (χ3v) is 5.21. The van der Waals surface area contributed by atoms with Crippen molar-refractivity contribution >= 4 is 28.7 Å². The first-order valence-corrected chi connectivity index (χ1v) is 9.48. The van der Waals surface area contributed by atoms with Gasteiger partial charge in [-0.05, 0) is 55.5 Å². The molecule has 0 radical (unpaired) electrons. The first kappa shape index (κ1) is 19.4. The fraction of sp³-hybridized carbons (Fsp3) is 0.238. The summed E-state index contributed by atoms with van der Waals surface area (Å²) in [5.41, 5.74) is 6.04. The summed E-state index contributed by atoms with van der Waals surface area (Å²) in [7, 11) is 1.25. The lowest BCUT2D eigenvalue weighted by Gasteiger charge is -2.12. The highest BCUT2D eigenvalue weighted by atomic mass is 16.6. The third kappa shape index (κ3) is 3.57. The number of H-pyrrole nitrogens is 1. The molecular weight excluding hydrogens is 388 g/mol. The van der Waals surface area contributed by atoms with E-state index >= 15 is 0 Å². The summed E-state index contributed by atoms with van der Waals surface area (Å²) < 4.78 is 4.88. The van der Waals surface area contributed by atoms with Crippen molar-refractivity contribution in [2.24, 2.45) is 5.10 Å². The molecule has 0 saturated heterocycles. The van der Waals surface area contributed by atoms with Crippen LogP contribution in [0.2, 0.25) is 0 Å². The zero-order chi connectivity index (χ0) is 21.3.